The van der Waals surface area contributed by atoms with Crippen LogP contribution in [0.4, 0.5) is 10.7 Å². The van der Waals surface area contributed by atoms with Gasteiger partial charge in [0.25, 0.3) is 15.9 Å². The molecule has 25 heteroatoms. The van der Waals surface area contributed by atoms with Gasteiger partial charge in [-0.05, 0) is 292 Å². The van der Waals surface area contributed by atoms with Crippen LogP contribution in [0.3, 0.4) is 0 Å². The molecule has 5 fully saturated rings. The number of aromatic nitrogens is 2. The van der Waals surface area contributed by atoms with Gasteiger partial charge in [0.05, 0.1) is 51.6 Å². The fraction of sp³-hybridized carbons (Fsp3) is 0.274. The van der Waals surface area contributed by atoms with E-state index in [1.165, 1.54) is 102 Å². The number of rotatable bonds is 21. The van der Waals surface area contributed by atoms with Crippen molar-refractivity contribution in [3.63, 3.8) is 0 Å². The second kappa shape index (κ2) is 43.9. The van der Waals surface area contributed by atoms with E-state index in [-0.39, 0.29) is 59.0 Å². The number of H-pyrrole nitrogens is 2. The average Bonchev–Trinajstić information content (AvgIpc) is 1.52. The number of benzene rings is 12. The highest BCUT2D eigenvalue weighted by atomic mass is 35.5. The number of allylic oxidation sites excluding steroid dienone is 1. The number of likely N-dealkylation sites (tertiary alicyclic amines) is 2. The van der Waals surface area contributed by atoms with E-state index in [0.29, 0.717) is 83.8 Å². The van der Waals surface area contributed by atoms with Crippen LogP contribution in [0.1, 0.15) is 194 Å². The largest absolute Gasteiger partial charge is 0.508 e. The van der Waals surface area contributed by atoms with Crippen LogP contribution in [0, 0.1) is 18.8 Å². The molecule has 3 aromatic heterocycles. The van der Waals surface area contributed by atoms with Crippen molar-refractivity contribution in [2.45, 2.75) is 159 Å². The van der Waals surface area contributed by atoms with Crippen molar-refractivity contribution in [3.8, 4) is 27.3 Å². The van der Waals surface area contributed by atoms with Gasteiger partial charge in [-0.3, -0.25) is 9.59 Å². The van der Waals surface area contributed by atoms with Crippen LogP contribution in [0.25, 0.3) is 70.5 Å². The minimum Gasteiger partial charge on any atom is -0.508 e. The maximum absolute atomic E-state index is 13.9. The first kappa shape index (κ1) is 98.2. The van der Waals surface area contributed by atoms with E-state index in [0.717, 1.165) is 120 Å². The monoisotopic (exact) mass is 1990 g/mol. The van der Waals surface area contributed by atoms with E-state index in [4.69, 9.17) is 80.1 Å². The molecule has 4 unspecified atom stereocenters. The van der Waals surface area contributed by atoms with Crippen molar-refractivity contribution in [2.75, 3.05) is 43.8 Å². The summed E-state index contributed by atoms with van der Waals surface area (Å²) >= 11 is 38.0. The number of hydrogen-bond donors (Lipinski definition) is 8. The van der Waals surface area contributed by atoms with Crippen molar-refractivity contribution in [1.82, 2.24) is 35.1 Å². The number of anilines is 2. The van der Waals surface area contributed by atoms with Crippen molar-refractivity contribution in [1.29, 1.82) is 0 Å². The van der Waals surface area contributed by atoms with Crippen molar-refractivity contribution >= 4 is 174 Å². The van der Waals surface area contributed by atoms with Crippen LogP contribution in [-0.4, -0.2) is 101 Å². The number of thiophene rings is 1. The van der Waals surface area contributed by atoms with E-state index in [1.54, 1.807) is 67.6 Å². The molecular formula is C113H112Cl6N10O7S2. The molecule has 4 aliphatic carbocycles. The average molecular weight is 2000 g/mol. The normalized spacial score (nSPS) is 16.5. The van der Waals surface area contributed by atoms with Gasteiger partial charge in [-0.25, -0.2) is 22.9 Å². The fourth-order valence-electron chi connectivity index (χ4n) is 18.9. The lowest BCUT2D eigenvalue weighted by Gasteiger charge is -2.47. The lowest BCUT2D eigenvalue weighted by atomic mass is 9.79. The van der Waals surface area contributed by atoms with Gasteiger partial charge in [-0.2, -0.15) is 0 Å². The number of hydrogen-bond acceptors (Lipinski definition) is 12. The summed E-state index contributed by atoms with van der Waals surface area (Å²) in [5.41, 5.74) is 22.0. The first-order chi connectivity index (χ1) is 66.7. The zero-order valence-electron chi connectivity index (χ0n) is 77.7. The van der Waals surface area contributed by atoms with E-state index in [2.05, 4.69) is 127 Å². The summed E-state index contributed by atoms with van der Waals surface area (Å²) in [7, 11) is -3.75. The van der Waals surface area contributed by atoms with Gasteiger partial charge in [0.1, 0.15) is 11.4 Å². The summed E-state index contributed by atoms with van der Waals surface area (Å²) in [4.78, 5) is 56.0. The van der Waals surface area contributed by atoms with Gasteiger partial charge in [0.15, 0.2) is 0 Å². The molecule has 15 aromatic rings. The maximum atomic E-state index is 13.9. The molecule has 17 nitrogen and oxygen atoms in total. The molecule has 138 heavy (non-hydrogen) atoms. The molecule has 4 atom stereocenters. The van der Waals surface area contributed by atoms with E-state index in [9.17, 15) is 27.9 Å². The molecule has 5 heterocycles. The summed E-state index contributed by atoms with van der Waals surface area (Å²) in [6, 6.07) is 86.8. The summed E-state index contributed by atoms with van der Waals surface area (Å²) in [6.45, 7) is 12.9. The smallest absolute Gasteiger partial charge is 0.355 e. The van der Waals surface area contributed by atoms with Crippen LogP contribution in [0.15, 0.2) is 283 Å². The Labute approximate surface area is 841 Å². The second-order valence-corrected chi connectivity index (χ2v) is 42.7. The molecule has 6 aliphatic rings. The van der Waals surface area contributed by atoms with Gasteiger partial charge >= 0.3 is 5.97 Å². The minimum absolute atomic E-state index is 0.0375. The molecule has 2 aliphatic heterocycles. The van der Waals surface area contributed by atoms with Gasteiger partial charge in [-0.15, -0.1) is 11.3 Å². The molecule has 12 aromatic carbocycles. The lowest BCUT2D eigenvalue weighted by Crippen LogP contribution is -2.54. The highest BCUT2D eigenvalue weighted by molar-refractivity contribution is 7.90. The Kier molecular flexibility index (Phi) is 31.3. The number of esters is 1. The third kappa shape index (κ3) is 23.7. The van der Waals surface area contributed by atoms with E-state index >= 15 is 0 Å². The zero-order chi connectivity index (χ0) is 96.5. The number of phenols is 1. The molecule has 3 saturated carbocycles. The van der Waals surface area contributed by atoms with Crippen molar-refractivity contribution < 1.29 is 32.6 Å². The molecule has 21 rings (SSSR count). The number of nitrogen functional groups attached to an aromatic ring is 1. The molecule has 0 radical (unpaired) electrons. The van der Waals surface area contributed by atoms with Crippen LogP contribution >= 0.6 is 80.9 Å². The first-order valence-corrected chi connectivity index (χ1v) is 52.0. The number of fused-ring (bicyclic) bond motifs is 5. The van der Waals surface area contributed by atoms with Gasteiger partial charge in [0, 0.05) is 105 Å². The van der Waals surface area contributed by atoms with Crippen LogP contribution in [0.5, 0.6) is 5.75 Å². The number of sulfonamides is 1. The zero-order valence-corrected chi connectivity index (χ0v) is 83.8. The molecule has 2 amide bonds. The number of halogens is 6. The van der Waals surface area contributed by atoms with Crippen LogP contribution in [-0.2, 0) is 26.0 Å². The van der Waals surface area contributed by atoms with Gasteiger partial charge in [-0.1, -0.05) is 258 Å². The summed E-state index contributed by atoms with van der Waals surface area (Å²) in [5.74, 6) is 1.45. The number of carbonyl (C=O) groups is 3. The van der Waals surface area contributed by atoms with Crippen LogP contribution < -0.4 is 26.4 Å². The summed E-state index contributed by atoms with van der Waals surface area (Å²) in [5, 5.41) is 32.8. The number of aryl methyl sites for hydroxylation is 1. The third-order valence-corrected chi connectivity index (χ3v) is 29.9. The molecule has 9 N–H and O–H groups in total. The maximum Gasteiger partial charge on any atom is 0.355 e. The standard InChI is InChI=1S/C27H26ClN3O3S.C24H22ClN.C23H24ClNO.C21H18Cl2N2O.C18H22ClN3O2S/c1-2-34-27(33)23-20(18-12-11-17(28)15-19(18)30-23)21-22(26(32)31-13-7-4-8-14-31)25(29)35-24(21)16-9-5-3-6-10-16;25-19-11-13-21-18(14-19)10-12-23(21)24(26-15-16-8-9-16)22-7-3-5-17-4-1-2-6-20(17)22;24-18-13-10-17(11-14-18)23(25-19-7-2-1-3-8-19)22-20-9-5-4-6-16(20)12-15-21(22)26;22-15-6-3-13(4-7-15)19-20(25(21(19)26)11-12-1-2-12)18-9-14-5-8-16(23)10-17(14)24-18;1-13-5-11-16(12-6-13)25(23,24)22-17(21-18(2,3)4)20-15-9-7-14(19)8-10-15/h3,5-6,9-12,15,30H,2,4,7-8,13-14,29H2,1H3;1-7,11-14,16,24,26H,8-10,15H2;4-6,9-15,19,23,25-26H,1-3,7-8H2;3-10,12,19-20,24H,1-2,11H2;5-12H,1-4H3,(H2,20,21,22). The van der Waals surface area contributed by atoms with Gasteiger partial charge < -0.3 is 51.3 Å². The predicted molar refractivity (Wildman–Crippen MR) is 570 cm³/mol. The number of aromatic hydroxyl groups is 1. The number of nitrogens with one attached hydrogen (secondary N) is 6. The number of nitrogens with zero attached hydrogens (tertiary/aromatic N) is 3. The topological polar surface area (TPSA) is 239 Å². The number of amides is 2. The van der Waals surface area contributed by atoms with Crippen molar-refractivity contribution in [2.24, 2.45) is 16.8 Å². The van der Waals surface area contributed by atoms with Crippen molar-refractivity contribution in [3.05, 3.63) is 359 Å². The van der Waals surface area contributed by atoms with Crippen LogP contribution in [0.2, 0.25) is 30.1 Å². The summed E-state index contributed by atoms with van der Waals surface area (Å²) in [6.07, 6.45) is 17.8. The Hall–Kier alpha value is -11.4. The second-order valence-electron chi connectivity index (χ2n) is 37.3. The highest BCUT2D eigenvalue weighted by Gasteiger charge is 2.51. The quantitative estimate of drug-likeness (QED) is 0.0146. The fourth-order valence-corrected chi connectivity index (χ4v) is 21.8. The molecule has 0 spiro atoms. The Morgan fingerprint density at radius 3 is 1.88 bits per heavy atom. The Balaban J connectivity index is 0.000000120. The molecule has 0 bridgehead atoms. The third-order valence-electron chi connectivity index (χ3n) is 26.1. The lowest BCUT2D eigenvalue weighted by molar-refractivity contribution is -0.151. The number of guanidine groups is 1. The SMILES string of the molecule is CCOC(=O)c1[nH]c2cc(Cl)ccc2c1-c1c(-c2ccccc2)sc(N)c1C(=O)N1CCCCC1.Cc1ccc(S(=O)(=O)NC(=NC(C)(C)C)Nc2ccc(Cl)cc2)cc1.Clc1ccc2c(c1)CC=C2C(NCC1CC1)c1cccc2ccccc12.O=C1C(c2ccc(Cl)cc2)C(c2cc3ccc(Cl)cc3[nH]2)N1CC1CC1.Oc1ccc2ccccc2c1C(NC1CCCCC1)c1ccc(Cl)cc1. The molecule has 710 valence electrons. The Bertz CT molecular complexity index is 7080. The number of aliphatic imine (C=N–C) groups is 1. The number of carbonyl (C=O) groups excluding carboxylic acids is 3. The molecular weight excluding hydrogens is 1890 g/mol. The van der Waals surface area contributed by atoms with E-state index in [1.807, 2.05) is 159 Å². The number of nitrogens with two attached hydrogens (primary N) is 1. The number of phenolic OH excluding ortho intramolecular Hbond substituents is 1. The van der Waals surface area contributed by atoms with Gasteiger partial charge in [0.2, 0.25) is 11.9 Å². The predicted octanol–water partition coefficient (Wildman–Crippen LogP) is 28.7. The first-order valence-electron chi connectivity index (χ1n) is 47.4. The minimum atomic E-state index is -3.75. The Morgan fingerprint density at radius 2 is 1.20 bits per heavy atom. The number of β-lactam (4-membered cyclic amide) rings is 1. The Morgan fingerprint density at radius 1 is 0.601 bits per heavy atom. The number of piperidine rings is 1. The number of aromatic amines is 2. The number of ether oxygens (including phenoxy) is 1. The van der Waals surface area contributed by atoms with E-state index < -0.39 is 21.5 Å². The molecule has 2 saturated heterocycles. The summed E-state index contributed by atoms with van der Waals surface area (Å²) < 4.78 is 33.2. The highest BCUT2D eigenvalue weighted by Crippen LogP contribution is 2.52.